The lowest BCUT2D eigenvalue weighted by atomic mass is 9.87. The lowest BCUT2D eigenvalue weighted by molar-refractivity contribution is 0.0948. The second-order valence-electron chi connectivity index (χ2n) is 7.84. The van der Waals surface area contributed by atoms with Crippen LogP contribution in [0.4, 0.5) is 15.9 Å². The van der Waals surface area contributed by atoms with Gasteiger partial charge in [0, 0.05) is 12.2 Å². The third-order valence-corrected chi connectivity index (χ3v) is 4.55. The molecule has 3 aromatic rings. The summed E-state index contributed by atoms with van der Waals surface area (Å²) < 4.78 is 13.6. The Morgan fingerprint density at radius 2 is 1.72 bits per heavy atom. The van der Waals surface area contributed by atoms with Gasteiger partial charge in [-0.05, 0) is 41.2 Å². The fourth-order valence-corrected chi connectivity index (χ4v) is 2.81. The number of amides is 1. The maximum atomic E-state index is 13.6. The topological polar surface area (TPSA) is 66.9 Å². The Kier molecular flexibility index (Phi) is 6.22. The average Bonchev–Trinajstić information content (AvgIpc) is 2.70. The molecule has 3 rings (SSSR count). The molecule has 0 spiro atoms. The fourth-order valence-electron chi connectivity index (χ4n) is 2.81. The van der Waals surface area contributed by atoms with E-state index < -0.39 is 0 Å². The molecule has 2 aromatic carbocycles. The second-order valence-corrected chi connectivity index (χ2v) is 7.84. The number of aromatic nitrogens is 2. The number of hydrogen-bond acceptors (Lipinski definition) is 4. The Labute approximate surface area is 170 Å². The highest BCUT2D eigenvalue weighted by atomic mass is 19.1. The quantitative estimate of drug-likeness (QED) is 0.642. The molecule has 2 N–H and O–H groups in total. The van der Waals surface area contributed by atoms with Crippen molar-refractivity contribution in [1.82, 2.24) is 15.3 Å². The van der Waals surface area contributed by atoms with Gasteiger partial charge in [-0.1, -0.05) is 51.1 Å². The standard InChI is InChI=1S/C23H25FN4O/c1-23(2,3)17-8-10-18(11-9-17)28-21-15-26-20(14-27-21)22(29)25-13-12-16-6-4-5-7-19(16)24/h4-11,14-15H,12-13H2,1-3H3,(H,25,29)(H,27,28). The second kappa shape index (κ2) is 8.82. The van der Waals surface area contributed by atoms with Gasteiger partial charge in [0.2, 0.25) is 0 Å². The van der Waals surface area contributed by atoms with Crippen LogP contribution >= 0.6 is 0 Å². The molecule has 0 unspecified atom stereocenters. The summed E-state index contributed by atoms with van der Waals surface area (Å²) in [5, 5.41) is 5.91. The number of nitrogens with one attached hydrogen (secondary N) is 2. The first-order valence-corrected chi connectivity index (χ1v) is 9.54. The first-order chi connectivity index (χ1) is 13.8. The molecule has 1 aromatic heterocycles. The van der Waals surface area contributed by atoms with Crippen molar-refractivity contribution in [1.29, 1.82) is 0 Å². The number of nitrogens with zero attached hydrogens (tertiary/aromatic N) is 2. The number of carbonyl (C=O) groups excluding carboxylic acids is 1. The predicted molar refractivity (Wildman–Crippen MR) is 113 cm³/mol. The summed E-state index contributed by atoms with van der Waals surface area (Å²) in [6, 6.07) is 14.7. The van der Waals surface area contributed by atoms with E-state index in [-0.39, 0.29) is 22.8 Å². The van der Waals surface area contributed by atoms with Crippen LogP contribution in [0.3, 0.4) is 0 Å². The van der Waals surface area contributed by atoms with Gasteiger partial charge in [-0.15, -0.1) is 0 Å². The van der Waals surface area contributed by atoms with Gasteiger partial charge in [-0.25, -0.2) is 14.4 Å². The zero-order valence-electron chi connectivity index (χ0n) is 16.9. The van der Waals surface area contributed by atoms with Crippen molar-refractivity contribution in [3.8, 4) is 0 Å². The van der Waals surface area contributed by atoms with Gasteiger partial charge in [0.25, 0.3) is 5.91 Å². The maximum absolute atomic E-state index is 13.6. The molecule has 0 saturated heterocycles. The number of halogens is 1. The summed E-state index contributed by atoms with van der Waals surface area (Å²) >= 11 is 0. The van der Waals surface area contributed by atoms with Crippen LogP contribution in [0.1, 0.15) is 42.4 Å². The van der Waals surface area contributed by atoms with Gasteiger partial charge in [-0.3, -0.25) is 4.79 Å². The molecule has 150 valence electrons. The lowest BCUT2D eigenvalue weighted by Crippen LogP contribution is -2.26. The molecule has 0 fully saturated rings. The molecule has 0 saturated carbocycles. The Morgan fingerprint density at radius 3 is 2.34 bits per heavy atom. The molecular weight excluding hydrogens is 367 g/mol. The first kappa shape index (κ1) is 20.5. The minimum Gasteiger partial charge on any atom is -0.350 e. The molecule has 5 nitrogen and oxygen atoms in total. The molecule has 0 aliphatic rings. The van der Waals surface area contributed by atoms with E-state index in [2.05, 4.69) is 53.5 Å². The predicted octanol–water partition coefficient (Wildman–Crippen LogP) is 4.63. The molecule has 1 amide bonds. The van der Waals surface area contributed by atoms with Crippen LogP contribution in [0.25, 0.3) is 0 Å². The van der Waals surface area contributed by atoms with E-state index in [9.17, 15) is 9.18 Å². The molecule has 29 heavy (non-hydrogen) atoms. The first-order valence-electron chi connectivity index (χ1n) is 9.54. The van der Waals surface area contributed by atoms with Crippen molar-refractivity contribution >= 4 is 17.4 Å². The normalized spacial score (nSPS) is 11.2. The van der Waals surface area contributed by atoms with Gasteiger partial charge in [0.05, 0.1) is 12.4 Å². The van der Waals surface area contributed by atoms with Crippen LogP contribution in [0.2, 0.25) is 0 Å². The van der Waals surface area contributed by atoms with E-state index in [0.717, 1.165) is 5.69 Å². The number of anilines is 2. The molecule has 0 aliphatic carbocycles. The van der Waals surface area contributed by atoms with E-state index in [0.29, 0.717) is 24.3 Å². The summed E-state index contributed by atoms with van der Waals surface area (Å²) in [5.74, 6) is -0.0566. The smallest absolute Gasteiger partial charge is 0.271 e. The summed E-state index contributed by atoms with van der Waals surface area (Å²) in [7, 11) is 0. The SMILES string of the molecule is CC(C)(C)c1ccc(Nc2cnc(C(=O)NCCc3ccccc3F)cn2)cc1. The van der Waals surface area contributed by atoms with E-state index in [4.69, 9.17) is 0 Å². The van der Waals surface area contributed by atoms with Gasteiger partial charge in [0.1, 0.15) is 17.3 Å². The number of benzene rings is 2. The van der Waals surface area contributed by atoms with Crippen LogP contribution in [0.15, 0.2) is 60.9 Å². The molecular formula is C23H25FN4O. The van der Waals surface area contributed by atoms with Crippen molar-refractivity contribution in [2.75, 3.05) is 11.9 Å². The minimum atomic E-state index is -0.338. The molecule has 0 aliphatic heterocycles. The molecule has 1 heterocycles. The number of carbonyl (C=O) groups is 1. The highest BCUT2D eigenvalue weighted by molar-refractivity contribution is 5.92. The maximum Gasteiger partial charge on any atom is 0.271 e. The van der Waals surface area contributed by atoms with Gasteiger partial charge in [0.15, 0.2) is 0 Å². The zero-order chi connectivity index (χ0) is 20.9. The van der Waals surface area contributed by atoms with Crippen molar-refractivity contribution in [3.63, 3.8) is 0 Å². The van der Waals surface area contributed by atoms with Crippen molar-refractivity contribution in [2.24, 2.45) is 0 Å². The van der Waals surface area contributed by atoms with Crippen LogP contribution < -0.4 is 10.6 Å². The van der Waals surface area contributed by atoms with Crippen LogP contribution in [-0.4, -0.2) is 22.4 Å². The number of rotatable bonds is 6. The highest BCUT2D eigenvalue weighted by Crippen LogP contribution is 2.24. The summed E-state index contributed by atoms with van der Waals surface area (Å²) in [6.07, 6.45) is 3.35. The Balaban J connectivity index is 1.54. The lowest BCUT2D eigenvalue weighted by Gasteiger charge is -2.19. The van der Waals surface area contributed by atoms with Crippen molar-refractivity contribution in [2.45, 2.75) is 32.6 Å². The van der Waals surface area contributed by atoms with Gasteiger partial charge < -0.3 is 10.6 Å². The van der Waals surface area contributed by atoms with E-state index in [1.54, 1.807) is 18.2 Å². The highest BCUT2D eigenvalue weighted by Gasteiger charge is 2.13. The monoisotopic (exact) mass is 392 g/mol. The van der Waals surface area contributed by atoms with Gasteiger partial charge in [-0.2, -0.15) is 0 Å². The molecule has 6 heteroatoms. The third kappa shape index (κ3) is 5.60. The Bertz CT molecular complexity index is 963. The summed E-state index contributed by atoms with van der Waals surface area (Å²) in [5.41, 5.74) is 3.02. The summed E-state index contributed by atoms with van der Waals surface area (Å²) in [4.78, 5) is 20.6. The fraction of sp³-hybridized carbons (Fsp3) is 0.261. The molecule has 0 radical (unpaired) electrons. The Hall–Kier alpha value is -3.28. The van der Waals surface area contributed by atoms with Crippen LogP contribution in [0.5, 0.6) is 0 Å². The largest absolute Gasteiger partial charge is 0.350 e. The van der Waals surface area contributed by atoms with Crippen LogP contribution in [0, 0.1) is 5.82 Å². The minimum absolute atomic E-state index is 0.0969. The van der Waals surface area contributed by atoms with Crippen LogP contribution in [-0.2, 0) is 11.8 Å². The summed E-state index contributed by atoms with van der Waals surface area (Å²) in [6.45, 7) is 6.82. The third-order valence-electron chi connectivity index (χ3n) is 4.55. The molecule has 0 bridgehead atoms. The van der Waals surface area contributed by atoms with E-state index >= 15 is 0 Å². The van der Waals surface area contributed by atoms with Crippen molar-refractivity contribution in [3.05, 3.63) is 83.6 Å². The Morgan fingerprint density at radius 1 is 1.00 bits per heavy atom. The van der Waals surface area contributed by atoms with Crippen molar-refractivity contribution < 1.29 is 9.18 Å². The van der Waals surface area contributed by atoms with E-state index in [1.807, 2.05) is 12.1 Å². The van der Waals surface area contributed by atoms with Gasteiger partial charge >= 0.3 is 0 Å². The average molecular weight is 392 g/mol. The molecule has 0 atom stereocenters. The zero-order valence-corrected chi connectivity index (χ0v) is 16.9. The van der Waals surface area contributed by atoms with E-state index in [1.165, 1.54) is 24.0 Å². The number of hydrogen-bond donors (Lipinski definition) is 2.